The highest BCUT2D eigenvalue weighted by atomic mass is 19.4. The minimum absolute atomic E-state index is 0.0555. The number of fused-ring (bicyclic) bond motifs is 1. The second-order valence-electron chi connectivity index (χ2n) is 8.01. The number of carbonyl (C=O) groups excluding carboxylic acids is 1. The summed E-state index contributed by atoms with van der Waals surface area (Å²) >= 11 is 0. The molecule has 29 heavy (non-hydrogen) atoms. The summed E-state index contributed by atoms with van der Waals surface area (Å²) < 4.78 is 40.2. The minimum atomic E-state index is -4.62. The van der Waals surface area contributed by atoms with Crippen molar-refractivity contribution in [1.82, 2.24) is 24.9 Å². The molecule has 3 heterocycles. The van der Waals surface area contributed by atoms with Gasteiger partial charge in [-0.2, -0.15) is 22.7 Å². The highest BCUT2D eigenvalue weighted by molar-refractivity contribution is 5.79. The van der Waals surface area contributed by atoms with Crippen LogP contribution in [0.2, 0.25) is 0 Å². The first-order chi connectivity index (χ1) is 13.8. The number of piperidine rings is 1. The Morgan fingerprint density at radius 2 is 1.79 bits per heavy atom. The van der Waals surface area contributed by atoms with E-state index in [4.69, 9.17) is 0 Å². The summed E-state index contributed by atoms with van der Waals surface area (Å²) in [4.78, 5) is 22.1. The number of rotatable bonds is 3. The van der Waals surface area contributed by atoms with Crippen molar-refractivity contribution >= 4 is 17.5 Å². The highest BCUT2D eigenvalue weighted by Crippen LogP contribution is 2.29. The van der Waals surface area contributed by atoms with Crippen LogP contribution in [-0.4, -0.2) is 44.6 Å². The van der Waals surface area contributed by atoms with Gasteiger partial charge in [0, 0.05) is 36.8 Å². The van der Waals surface area contributed by atoms with Crippen LogP contribution in [0, 0.1) is 12.8 Å². The van der Waals surface area contributed by atoms with Gasteiger partial charge in [-0.3, -0.25) is 4.79 Å². The molecule has 1 aliphatic heterocycles. The van der Waals surface area contributed by atoms with E-state index in [1.54, 1.807) is 13.0 Å². The summed E-state index contributed by atoms with van der Waals surface area (Å²) in [6.45, 7) is 2.97. The van der Waals surface area contributed by atoms with Crippen molar-refractivity contribution in [3.05, 3.63) is 17.6 Å². The quantitative estimate of drug-likeness (QED) is 0.842. The van der Waals surface area contributed by atoms with Crippen molar-refractivity contribution in [2.45, 2.75) is 64.1 Å². The molecule has 0 bridgehead atoms. The van der Waals surface area contributed by atoms with Gasteiger partial charge in [-0.1, -0.05) is 19.3 Å². The third-order valence-electron chi connectivity index (χ3n) is 5.82. The lowest BCUT2D eigenvalue weighted by molar-refractivity contribution is -0.144. The number of amides is 1. The molecule has 0 radical (unpaired) electrons. The van der Waals surface area contributed by atoms with E-state index in [2.05, 4.69) is 20.4 Å². The lowest BCUT2D eigenvalue weighted by Crippen LogP contribution is -2.47. The van der Waals surface area contributed by atoms with Crippen LogP contribution in [0.4, 0.5) is 19.0 Å². The van der Waals surface area contributed by atoms with Crippen molar-refractivity contribution in [2.24, 2.45) is 5.92 Å². The maximum absolute atomic E-state index is 13.0. The van der Waals surface area contributed by atoms with Gasteiger partial charge in [-0.15, -0.1) is 5.10 Å². The molecular formula is C19H25F3N6O. The molecule has 1 saturated carbocycles. The van der Waals surface area contributed by atoms with E-state index in [1.807, 2.05) is 4.90 Å². The lowest BCUT2D eigenvalue weighted by Gasteiger charge is -2.34. The zero-order valence-corrected chi connectivity index (χ0v) is 16.4. The van der Waals surface area contributed by atoms with E-state index in [-0.39, 0.29) is 23.6 Å². The molecule has 1 amide bonds. The van der Waals surface area contributed by atoms with Crippen molar-refractivity contribution in [3.63, 3.8) is 0 Å². The molecule has 10 heteroatoms. The summed E-state index contributed by atoms with van der Waals surface area (Å²) in [6, 6.07) is 1.82. The minimum Gasteiger partial charge on any atom is -0.356 e. The van der Waals surface area contributed by atoms with E-state index >= 15 is 0 Å². The van der Waals surface area contributed by atoms with Gasteiger partial charge in [0.15, 0.2) is 0 Å². The van der Waals surface area contributed by atoms with Gasteiger partial charge in [-0.05, 0) is 32.6 Å². The van der Waals surface area contributed by atoms with Crippen molar-refractivity contribution in [1.29, 1.82) is 0 Å². The van der Waals surface area contributed by atoms with Gasteiger partial charge < -0.3 is 10.2 Å². The van der Waals surface area contributed by atoms with Crippen LogP contribution in [0.3, 0.4) is 0 Å². The first-order valence-corrected chi connectivity index (χ1v) is 10.2. The number of hydrogen-bond donors (Lipinski definition) is 1. The summed E-state index contributed by atoms with van der Waals surface area (Å²) in [7, 11) is 0. The SMILES string of the molecule is Cc1cc(N2CCC(NC(=O)C3CCCCC3)CC2)n2nc(C(F)(F)F)nc2n1. The summed E-state index contributed by atoms with van der Waals surface area (Å²) in [6.07, 6.45) is 2.23. The van der Waals surface area contributed by atoms with E-state index in [1.165, 1.54) is 6.42 Å². The average molecular weight is 410 g/mol. The largest absolute Gasteiger partial charge is 0.453 e. The Kier molecular flexibility index (Phi) is 5.35. The number of aromatic nitrogens is 4. The van der Waals surface area contributed by atoms with Crippen LogP contribution in [-0.2, 0) is 11.0 Å². The lowest BCUT2D eigenvalue weighted by atomic mass is 9.88. The van der Waals surface area contributed by atoms with Crippen LogP contribution < -0.4 is 10.2 Å². The molecule has 2 fully saturated rings. The van der Waals surface area contributed by atoms with Crippen LogP contribution in [0.15, 0.2) is 6.07 Å². The molecule has 4 rings (SSSR count). The number of nitrogens with one attached hydrogen (secondary N) is 1. The van der Waals surface area contributed by atoms with Gasteiger partial charge in [0.05, 0.1) is 0 Å². The summed E-state index contributed by atoms with van der Waals surface area (Å²) in [5.41, 5.74) is 0.585. The molecule has 0 atom stereocenters. The fourth-order valence-electron chi connectivity index (χ4n) is 4.25. The number of aryl methyl sites for hydroxylation is 1. The Hall–Kier alpha value is -2.39. The Labute approximate surface area is 166 Å². The fourth-order valence-corrected chi connectivity index (χ4v) is 4.25. The van der Waals surface area contributed by atoms with Crippen molar-refractivity contribution in [2.75, 3.05) is 18.0 Å². The number of carbonyl (C=O) groups is 1. The normalized spacial score (nSPS) is 19.7. The number of hydrogen-bond acceptors (Lipinski definition) is 5. The van der Waals surface area contributed by atoms with Gasteiger partial charge in [-0.25, -0.2) is 4.98 Å². The first kappa shape index (κ1) is 19.9. The average Bonchev–Trinajstić information content (AvgIpc) is 3.13. The van der Waals surface area contributed by atoms with Crippen LogP contribution in [0.5, 0.6) is 0 Å². The molecule has 0 aromatic carbocycles. The monoisotopic (exact) mass is 410 g/mol. The third kappa shape index (κ3) is 4.30. The maximum Gasteiger partial charge on any atom is 0.453 e. The van der Waals surface area contributed by atoms with Gasteiger partial charge in [0.25, 0.3) is 11.6 Å². The predicted octanol–water partition coefficient (Wildman–Crippen LogP) is 3.12. The zero-order chi connectivity index (χ0) is 20.6. The van der Waals surface area contributed by atoms with Crippen LogP contribution >= 0.6 is 0 Å². The Bertz CT molecular complexity index is 882. The Balaban J connectivity index is 1.45. The van der Waals surface area contributed by atoms with E-state index in [0.29, 0.717) is 24.6 Å². The van der Waals surface area contributed by atoms with Crippen molar-refractivity contribution in [3.8, 4) is 0 Å². The molecule has 2 aliphatic rings. The summed E-state index contributed by atoms with van der Waals surface area (Å²) in [5, 5.41) is 6.81. The van der Waals surface area contributed by atoms with Crippen molar-refractivity contribution < 1.29 is 18.0 Å². The fraction of sp³-hybridized carbons (Fsp3) is 0.684. The molecule has 158 valence electrons. The molecule has 2 aromatic rings. The number of halogens is 3. The van der Waals surface area contributed by atoms with E-state index < -0.39 is 12.0 Å². The molecule has 1 aliphatic carbocycles. The Morgan fingerprint density at radius 1 is 1.10 bits per heavy atom. The Morgan fingerprint density at radius 3 is 2.45 bits per heavy atom. The van der Waals surface area contributed by atoms with Gasteiger partial charge in [0.1, 0.15) is 5.82 Å². The maximum atomic E-state index is 13.0. The number of anilines is 1. The first-order valence-electron chi connectivity index (χ1n) is 10.2. The van der Waals surface area contributed by atoms with E-state index in [0.717, 1.165) is 43.0 Å². The molecule has 1 saturated heterocycles. The molecule has 1 N–H and O–H groups in total. The summed E-state index contributed by atoms with van der Waals surface area (Å²) in [5.74, 6) is -0.421. The highest BCUT2D eigenvalue weighted by Gasteiger charge is 2.37. The van der Waals surface area contributed by atoms with E-state index in [9.17, 15) is 18.0 Å². The third-order valence-corrected chi connectivity index (χ3v) is 5.82. The molecule has 2 aromatic heterocycles. The molecule has 0 spiro atoms. The molecule has 7 nitrogen and oxygen atoms in total. The predicted molar refractivity (Wildman–Crippen MR) is 100 cm³/mol. The smallest absolute Gasteiger partial charge is 0.356 e. The van der Waals surface area contributed by atoms with Crippen LogP contribution in [0.1, 0.15) is 56.5 Å². The van der Waals surface area contributed by atoms with Gasteiger partial charge >= 0.3 is 6.18 Å². The topological polar surface area (TPSA) is 75.4 Å². The zero-order valence-electron chi connectivity index (χ0n) is 16.4. The number of nitrogens with zero attached hydrogens (tertiary/aromatic N) is 5. The standard InChI is InChI=1S/C19H25F3N6O/c1-12-11-15(28-18(23-12)25-17(26-28)19(20,21)22)27-9-7-14(8-10-27)24-16(29)13-5-3-2-4-6-13/h11,13-14H,2-10H2,1H3,(H,24,29). The second-order valence-corrected chi connectivity index (χ2v) is 8.01. The number of alkyl halides is 3. The second kappa shape index (κ2) is 7.79. The van der Waals surface area contributed by atoms with Crippen LogP contribution in [0.25, 0.3) is 5.78 Å². The molecular weight excluding hydrogens is 385 g/mol. The van der Waals surface area contributed by atoms with Gasteiger partial charge in [0.2, 0.25) is 5.91 Å². The molecule has 0 unspecified atom stereocenters.